The molecule has 0 aliphatic carbocycles. The normalized spacial score (nSPS) is 17.2. The SMILES string of the molecule is CCNC1C(=O)Nc2cc(N(CCO)C(C)C)ccc21. The van der Waals surface area contributed by atoms with Crippen molar-refractivity contribution in [2.24, 2.45) is 0 Å². The summed E-state index contributed by atoms with van der Waals surface area (Å²) >= 11 is 0. The Morgan fingerprint density at radius 1 is 1.45 bits per heavy atom. The Kier molecular flexibility index (Phi) is 4.62. The molecule has 1 heterocycles. The minimum atomic E-state index is -0.255. The second-order valence-electron chi connectivity index (χ2n) is 5.26. The van der Waals surface area contributed by atoms with Crippen LogP contribution in [0.4, 0.5) is 11.4 Å². The standard InChI is InChI=1S/C15H23N3O2/c1-4-16-14-12-6-5-11(9-13(12)17-15(14)20)18(7-8-19)10(2)3/h5-6,9-10,14,16,19H,4,7-8H2,1-3H3,(H,17,20). The lowest BCUT2D eigenvalue weighted by atomic mass is 10.1. The van der Waals surface area contributed by atoms with E-state index >= 15 is 0 Å². The Bertz CT molecular complexity index is 488. The first-order valence-corrected chi connectivity index (χ1v) is 7.14. The fourth-order valence-electron chi connectivity index (χ4n) is 2.63. The Morgan fingerprint density at radius 2 is 2.20 bits per heavy atom. The van der Waals surface area contributed by atoms with Crippen molar-refractivity contribution in [1.29, 1.82) is 0 Å². The largest absolute Gasteiger partial charge is 0.395 e. The maximum Gasteiger partial charge on any atom is 0.246 e. The van der Waals surface area contributed by atoms with Crippen molar-refractivity contribution in [3.8, 4) is 0 Å². The van der Waals surface area contributed by atoms with Crippen LogP contribution in [0.3, 0.4) is 0 Å². The first kappa shape index (κ1) is 14.8. The van der Waals surface area contributed by atoms with E-state index in [1.54, 1.807) is 0 Å². The molecule has 1 aliphatic rings. The number of hydrogen-bond acceptors (Lipinski definition) is 4. The number of nitrogens with zero attached hydrogens (tertiary/aromatic N) is 1. The van der Waals surface area contributed by atoms with Crippen LogP contribution in [0.1, 0.15) is 32.4 Å². The van der Waals surface area contributed by atoms with E-state index in [0.717, 1.165) is 23.5 Å². The number of amides is 1. The molecule has 1 amide bonds. The second kappa shape index (κ2) is 6.24. The minimum Gasteiger partial charge on any atom is -0.395 e. The molecule has 3 N–H and O–H groups in total. The van der Waals surface area contributed by atoms with Gasteiger partial charge in [0.2, 0.25) is 5.91 Å². The van der Waals surface area contributed by atoms with Gasteiger partial charge in [-0.3, -0.25) is 4.79 Å². The van der Waals surface area contributed by atoms with Gasteiger partial charge in [-0.2, -0.15) is 0 Å². The second-order valence-corrected chi connectivity index (χ2v) is 5.26. The van der Waals surface area contributed by atoms with Gasteiger partial charge in [0.25, 0.3) is 0 Å². The summed E-state index contributed by atoms with van der Waals surface area (Å²) in [6.07, 6.45) is 0. The van der Waals surface area contributed by atoms with E-state index in [2.05, 4.69) is 29.4 Å². The van der Waals surface area contributed by atoms with Crippen molar-refractivity contribution in [2.45, 2.75) is 32.9 Å². The molecule has 110 valence electrons. The van der Waals surface area contributed by atoms with Crippen LogP contribution in [-0.4, -0.2) is 36.8 Å². The fraction of sp³-hybridized carbons (Fsp3) is 0.533. The molecule has 1 aromatic carbocycles. The number of aliphatic hydroxyl groups is 1. The molecule has 1 unspecified atom stereocenters. The quantitative estimate of drug-likeness (QED) is 0.737. The lowest BCUT2D eigenvalue weighted by Crippen LogP contribution is -2.33. The van der Waals surface area contributed by atoms with Crippen molar-refractivity contribution in [3.05, 3.63) is 23.8 Å². The van der Waals surface area contributed by atoms with Gasteiger partial charge < -0.3 is 20.6 Å². The molecule has 0 fully saturated rings. The predicted octanol–water partition coefficient (Wildman–Crippen LogP) is 1.50. The van der Waals surface area contributed by atoms with Crippen molar-refractivity contribution in [2.75, 3.05) is 29.9 Å². The van der Waals surface area contributed by atoms with Crippen molar-refractivity contribution < 1.29 is 9.90 Å². The topological polar surface area (TPSA) is 64.6 Å². The van der Waals surface area contributed by atoms with E-state index in [4.69, 9.17) is 0 Å². The smallest absolute Gasteiger partial charge is 0.246 e. The molecular formula is C15H23N3O2. The van der Waals surface area contributed by atoms with Gasteiger partial charge >= 0.3 is 0 Å². The number of benzene rings is 1. The average Bonchev–Trinajstić information content (AvgIpc) is 2.72. The number of carbonyl (C=O) groups is 1. The van der Waals surface area contributed by atoms with Gasteiger partial charge in [-0.25, -0.2) is 0 Å². The van der Waals surface area contributed by atoms with E-state index in [9.17, 15) is 9.90 Å². The summed E-state index contributed by atoms with van der Waals surface area (Å²) < 4.78 is 0. The summed E-state index contributed by atoms with van der Waals surface area (Å²) in [4.78, 5) is 14.1. The van der Waals surface area contributed by atoms with Gasteiger partial charge in [0, 0.05) is 29.5 Å². The molecule has 1 atom stereocenters. The van der Waals surface area contributed by atoms with Crippen LogP contribution in [0, 0.1) is 0 Å². The predicted molar refractivity (Wildman–Crippen MR) is 81.1 cm³/mol. The van der Waals surface area contributed by atoms with E-state index < -0.39 is 0 Å². The number of anilines is 2. The van der Waals surface area contributed by atoms with Crippen LogP contribution < -0.4 is 15.5 Å². The molecule has 5 nitrogen and oxygen atoms in total. The van der Waals surface area contributed by atoms with E-state index in [0.29, 0.717) is 12.6 Å². The molecule has 5 heteroatoms. The molecule has 0 bridgehead atoms. The number of carbonyl (C=O) groups excluding carboxylic acids is 1. The van der Waals surface area contributed by atoms with E-state index in [-0.39, 0.29) is 18.6 Å². The van der Waals surface area contributed by atoms with Gasteiger partial charge in [0.1, 0.15) is 6.04 Å². The lowest BCUT2D eigenvalue weighted by molar-refractivity contribution is -0.117. The highest BCUT2D eigenvalue weighted by atomic mass is 16.3. The Morgan fingerprint density at radius 3 is 2.80 bits per heavy atom. The lowest BCUT2D eigenvalue weighted by Gasteiger charge is -2.28. The van der Waals surface area contributed by atoms with Crippen molar-refractivity contribution >= 4 is 17.3 Å². The van der Waals surface area contributed by atoms with Crippen molar-refractivity contribution in [1.82, 2.24) is 5.32 Å². The number of hydrogen-bond donors (Lipinski definition) is 3. The van der Waals surface area contributed by atoms with Crippen LogP contribution in [-0.2, 0) is 4.79 Å². The number of nitrogens with one attached hydrogen (secondary N) is 2. The molecule has 0 saturated carbocycles. The van der Waals surface area contributed by atoms with E-state index in [1.807, 2.05) is 25.1 Å². The Labute approximate surface area is 120 Å². The van der Waals surface area contributed by atoms with Crippen LogP contribution in [0.25, 0.3) is 0 Å². The zero-order valence-corrected chi connectivity index (χ0v) is 12.3. The molecule has 0 spiro atoms. The number of fused-ring (bicyclic) bond motifs is 1. The molecule has 0 aromatic heterocycles. The summed E-state index contributed by atoms with van der Waals surface area (Å²) in [5.41, 5.74) is 2.88. The van der Waals surface area contributed by atoms with Gasteiger partial charge in [0.15, 0.2) is 0 Å². The van der Waals surface area contributed by atoms with E-state index in [1.165, 1.54) is 0 Å². The Hall–Kier alpha value is -1.59. The first-order chi connectivity index (χ1) is 9.58. The maximum atomic E-state index is 11.9. The summed E-state index contributed by atoms with van der Waals surface area (Å²) in [6, 6.07) is 6.03. The maximum absolute atomic E-state index is 11.9. The third-order valence-corrected chi connectivity index (χ3v) is 3.57. The highest BCUT2D eigenvalue weighted by Crippen LogP contribution is 2.34. The molecule has 1 aromatic rings. The number of likely N-dealkylation sites (N-methyl/N-ethyl adjacent to an activating group) is 1. The van der Waals surface area contributed by atoms with Crippen LogP contribution in [0.5, 0.6) is 0 Å². The molecule has 2 rings (SSSR count). The number of rotatable bonds is 6. The molecule has 1 aliphatic heterocycles. The molecule has 20 heavy (non-hydrogen) atoms. The average molecular weight is 277 g/mol. The summed E-state index contributed by atoms with van der Waals surface area (Å²) in [5, 5.41) is 15.3. The monoisotopic (exact) mass is 277 g/mol. The van der Waals surface area contributed by atoms with Crippen molar-refractivity contribution in [3.63, 3.8) is 0 Å². The Balaban J connectivity index is 2.29. The van der Waals surface area contributed by atoms with Crippen LogP contribution in [0.15, 0.2) is 18.2 Å². The summed E-state index contributed by atoms with van der Waals surface area (Å²) in [6.45, 7) is 7.61. The van der Waals surface area contributed by atoms with Crippen LogP contribution >= 0.6 is 0 Å². The van der Waals surface area contributed by atoms with Crippen LogP contribution in [0.2, 0.25) is 0 Å². The zero-order chi connectivity index (χ0) is 14.7. The number of aliphatic hydroxyl groups excluding tert-OH is 1. The molecule has 0 saturated heterocycles. The fourth-order valence-corrected chi connectivity index (χ4v) is 2.63. The zero-order valence-electron chi connectivity index (χ0n) is 12.3. The highest BCUT2D eigenvalue weighted by molar-refractivity contribution is 6.03. The van der Waals surface area contributed by atoms with Gasteiger partial charge in [-0.15, -0.1) is 0 Å². The molecular weight excluding hydrogens is 254 g/mol. The van der Waals surface area contributed by atoms with Gasteiger partial charge in [-0.05, 0) is 32.5 Å². The van der Waals surface area contributed by atoms with Gasteiger partial charge in [0.05, 0.1) is 6.61 Å². The highest BCUT2D eigenvalue weighted by Gasteiger charge is 2.30. The minimum absolute atomic E-state index is 0.00254. The first-order valence-electron chi connectivity index (χ1n) is 7.14. The summed E-state index contributed by atoms with van der Waals surface area (Å²) in [7, 11) is 0. The third-order valence-electron chi connectivity index (χ3n) is 3.57. The molecule has 0 radical (unpaired) electrons. The van der Waals surface area contributed by atoms with Gasteiger partial charge in [-0.1, -0.05) is 13.0 Å². The third kappa shape index (κ3) is 2.78. The summed E-state index contributed by atoms with van der Waals surface area (Å²) in [5.74, 6) is -0.00254.